The van der Waals surface area contributed by atoms with Crippen molar-refractivity contribution in [3.8, 4) is 0 Å². The van der Waals surface area contributed by atoms with Crippen LogP contribution in [0.2, 0.25) is 20.1 Å². The van der Waals surface area contributed by atoms with Gasteiger partial charge in [0.15, 0.2) is 5.37 Å². The van der Waals surface area contributed by atoms with Crippen molar-refractivity contribution < 1.29 is 8.42 Å². The molecular weight excluding hydrogens is 470 g/mol. The largest absolute Gasteiger partial charge is 0.364 e. The smallest absolute Gasteiger partial charge is 0.258 e. The van der Waals surface area contributed by atoms with Crippen LogP contribution in [-0.4, -0.2) is 8.42 Å². The van der Waals surface area contributed by atoms with E-state index in [1.807, 2.05) is 0 Å². The van der Waals surface area contributed by atoms with Gasteiger partial charge in [-0.3, -0.25) is 4.72 Å². The molecule has 0 aliphatic carbocycles. The summed E-state index contributed by atoms with van der Waals surface area (Å²) in [5.74, 6) is 0. The average Bonchev–Trinajstić information content (AvgIpc) is 3.13. The summed E-state index contributed by atoms with van der Waals surface area (Å²) in [6.45, 7) is 0. The third kappa shape index (κ3) is 5.02. The number of nitrogens with one attached hydrogen (secondary N) is 2. The highest BCUT2D eigenvalue weighted by Crippen LogP contribution is 2.32. The van der Waals surface area contributed by atoms with E-state index in [2.05, 4.69) is 10.0 Å². The number of anilines is 2. The molecule has 0 fully saturated rings. The molecule has 3 rings (SSSR count). The fourth-order valence-electron chi connectivity index (χ4n) is 2.28. The Balaban J connectivity index is 1.94. The molecule has 3 aromatic rings. The molecule has 1 heterocycles. The molecule has 0 aliphatic rings. The van der Waals surface area contributed by atoms with Gasteiger partial charge in [-0.2, -0.15) is 11.3 Å². The van der Waals surface area contributed by atoms with Gasteiger partial charge in [-0.05, 0) is 53.2 Å². The molecule has 0 radical (unpaired) electrons. The Morgan fingerprint density at radius 1 is 0.815 bits per heavy atom. The van der Waals surface area contributed by atoms with Gasteiger partial charge in [-0.15, -0.1) is 0 Å². The van der Waals surface area contributed by atoms with E-state index < -0.39 is 15.4 Å². The van der Waals surface area contributed by atoms with Crippen LogP contribution >= 0.6 is 57.7 Å². The molecule has 142 valence electrons. The Morgan fingerprint density at radius 2 is 1.41 bits per heavy atom. The van der Waals surface area contributed by atoms with Gasteiger partial charge in [-0.25, -0.2) is 8.42 Å². The van der Waals surface area contributed by atoms with E-state index in [0.717, 1.165) is 0 Å². The van der Waals surface area contributed by atoms with Crippen LogP contribution < -0.4 is 10.0 Å². The van der Waals surface area contributed by atoms with Crippen LogP contribution in [0.4, 0.5) is 11.4 Å². The Hall–Kier alpha value is -1.15. The zero-order chi connectivity index (χ0) is 19.6. The Kier molecular flexibility index (Phi) is 6.46. The van der Waals surface area contributed by atoms with Crippen molar-refractivity contribution in [2.24, 2.45) is 0 Å². The quantitative estimate of drug-likeness (QED) is 0.401. The predicted molar refractivity (Wildman–Crippen MR) is 116 cm³/mol. The maximum atomic E-state index is 13.0. The van der Waals surface area contributed by atoms with Crippen LogP contribution in [0.15, 0.2) is 53.2 Å². The number of rotatable bonds is 6. The monoisotopic (exact) mass is 480 g/mol. The second-order valence-electron chi connectivity index (χ2n) is 5.49. The average molecular weight is 482 g/mol. The topological polar surface area (TPSA) is 58.2 Å². The Labute approximate surface area is 181 Å². The molecule has 0 aliphatic heterocycles. The first kappa shape index (κ1) is 20.6. The minimum atomic E-state index is -3.88. The summed E-state index contributed by atoms with van der Waals surface area (Å²) in [5, 5.41) is 6.77. The fraction of sp³-hybridized carbons (Fsp3) is 0.0588. The van der Waals surface area contributed by atoms with Crippen molar-refractivity contribution in [2.75, 3.05) is 10.0 Å². The minimum Gasteiger partial charge on any atom is -0.364 e. The first-order valence-electron chi connectivity index (χ1n) is 7.46. The number of hydrogen-bond acceptors (Lipinski definition) is 4. The molecule has 1 atom stereocenters. The standard InChI is InChI=1S/C17H12Cl4N2O2S2/c18-13-3-1-11(7-15(13)20)22-17(10-5-6-26-9-10)27(24,25)23-12-2-4-14(19)16(21)8-12/h1-9,17,22-23H. The summed E-state index contributed by atoms with van der Waals surface area (Å²) >= 11 is 25.2. The molecular formula is C17H12Cl4N2O2S2. The Morgan fingerprint density at radius 3 is 1.96 bits per heavy atom. The maximum absolute atomic E-state index is 13.0. The van der Waals surface area contributed by atoms with Gasteiger partial charge in [0.05, 0.1) is 25.8 Å². The van der Waals surface area contributed by atoms with Crippen LogP contribution in [0.3, 0.4) is 0 Å². The van der Waals surface area contributed by atoms with Crippen molar-refractivity contribution in [3.63, 3.8) is 0 Å². The number of thiophene rings is 1. The molecule has 2 N–H and O–H groups in total. The van der Waals surface area contributed by atoms with E-state index in [1.54, 1.807) is 35.0 Å². The van der Waals surface area contributed by atoms with E-state index in [1.165, 1.54) is 29.5 Å². The highest BCUT2D eigenvalue weighted by Gasteiger charge is 2.28. The van der Waals surface area contributed by atoms with Crippen LogP contribution in [0, 0.1) is 0 Å². The summed E-state index contributed by atoms with van der Waals surface area (Å²) in [6.07, 6.45) is 0. The molecule has 27 heavy (non-hydrogen) atoms. The van der Waals surface area contributed by atoms with Gasteiger partial charge in [0.25, 0.3) is 10.0 Å². The van der Waals surface area contributed by atoms with E-state index in [9.17, 15) is 8.42 Å². The second kappa shape index (κ2) is 8.47. The molecule has 1 unspecified atom stereocenters. The van der Waals surface area contributed by atoms with Gasteiger partial charge in [-0.1, -0.05) is 46.4 Å². The summed E-state index contributed by atoms with van der Waals surface area (Å²) in [5.41, 5.74) is 1.40. The lowest BCUT2D eigenvalue weighted by atomic mass is 10.3. The predicted octanol–water partition coefficient (Wildman–Crippen LogP) is 6.91. The van der Waals surface area contributed by atoms with Crippen molar-refractivity contribution >= 4 is 79.1 Å². The lowest BCUT2D eigenvalue weighted by Crippen LogP contribution is -2.27. The van der Waals surface area contributed by atoms with E-state index in [-0.39, 0.29) is 5.02 Å². The van der Waals surface area contributed by atoms with Crippen LogP contribution in [0.25, 0.3) is 0 Å². The Bertz CT molecular complexity index is 1060. The third-order valence-electron chi connectivity index (χ3n) is 3.55. The molecule has 0 saturated carbocycles. The molecule has 4 nitrogen and oxygen atoms in total. The molecule has 0 saturated heterocycles. The normalized spacial score (nSPS) is 12.6. The molecule has 0 spiro atoms. The van der Waals surface area contributed by atoms with Crippen molar-refractivity contribution in [1.29, 1.82) is 0 Å². The zero-order valence-corrected chi connectivity index (χ0v) is 18.1. The number of benzene rings is 2. The number of halogens is 4. The first-order chi connectivity index (χ1) is 12.8. The van der Waals surface area contributed by atoms with Gasteiger partial charge in [0, 0.05) is 11.3 Å². The maximum Gasteiger partial charge on any atom is 0.258 e. The molecule has 10 heteroatoms. The van der Waals surface area contributed by atoms with Crippen LogP contribution in [0.1, 0.15) is 10.9 Å². The lowest BCUT2D eigenvalue weighted by Gasteiger charge is -2.21. The fourth-order valence-corrected chi connectivity index (χ4v) is 5.02. The first-order valence-corrected chi connectivity index (χ1v) is 11.5. The van der Waals surface area contributed by atoms with E-state index >= 15 is 0 Å². The van der Waals surface area contributed by atoms with Crippen molar-refractivity contribution in [2.45, 2.75) is 5.37 Å². The zero-order valence-electron chi connectivity index (χ0n) is 13.4. The number of hydrogen-bond donors (Lipinski definition) is 2. The highest BCUT2D eigenvalue weighted by atomic mass is 35.5. The SMILES string of the molecule is O=S(=O)(Nc1ccc(Cl)c(Cl)c1)C(Nc1ccc(Cl)c(Cl)c1)c1ccsc1. The van der Waals surface area contributed by atoms with Gasteiger partial charge >= 0.3 is 0 Å². The summed E-state index contributed by atoms with van der Waals surface area (Å²) < 4.78 is 28.6. The lowest BCUT2D eigenvalue weighted by molar-refractivity contribution is 0.593. The number of sulfonamides is 1. The molecule has 0 amide bonds. The van der Waals surface area contributed by atoms with Crippen LogP contribution in [-0.2, 0) is 10.0 Å². The van der Waals surface area contributed by atoms with E-state index in [0.29, 0.717) is 32.0 Å². The van der Waals surface area contributed by atoms with Gasteiger partial charge in [0.1, 0.15) is 0 Å². The second-order valence-corrected chi connectivity index (χ2v) is 9.66. The highest BCUT2D eigenvalue weighted by molar-refractivity contribution is 7.93. The summed E-state index contributed by atoms with van der Waals surface area (Å²) in [6, 6.07) is 11.1. The van der Waals surface area contributed by atoms with Crippen molar-refractivity contribution in [1.82, 2.24) is 0 Å². The summed E-state index contributed by atoms with van der Waals surface area (Å²) in [4.78, 5) is 0. The molecule has 0 bridgehead atoms. The molecule has 2 aromatic carbocycles. The van der Waals surface area contributed by atoms with Crippen molar-refractivity contribution in [3.05, 3.63) is 78.9 Å². The third-order valence-corrected chi connectivity index (χ3v) is 7.26. The van der Waals surface area contributed by atoms with Gasteiger partial charge in [0.2, 0.25) is 0 Å². The van der Waals surface area contributed by atoms with Gasteiger partial charge < -0.3 is 5.32 Å². The minimum absolute atomic E-state index is 0.251. The van der Waals surface area contributed by atoms with Crippen LogP contribution in [0.5, 0.6) is 0 Å². The summed E-state index contributed by atoms with van der Waals surface area (Å²) in [7, 11) is -3.88. The molecule has 1 aromatic heterocycles. The van der Waals surface area contributed by atoms with E-state index in [4.69, 9.17) is 46.4 Å².